The Kier molecular flexibility index (Phi) is 6.31. The molecule has 30 heavy (non-hydrogen) atoms. The molecule has 1 amide bonds. The minimum atomic E-state index is -0.340. The summed E-state index contributed by atoms with van der Waals surface area (Å²) >= 11 is 0. The van der Waals surface area contributed by atoms with Crippen LogP contribution in [-0.4, -0.2) is 29.2 Å². The van der Waals surface area contributed by atoms with Gasteiger partial charge >= 0.3 is 5.97 Å². The van der Waals surface area contributed by atoms with Crippen molar-refractivity contribution in [3.8, 4) is 0 Å². The maximum absolute atomic E-state index is 12.8. The van der Waals surface area contributed by atoms with Crippen LogP contribution >= 0.6 is 0 Å². The topological polar surface area (TPSA) is 72.1 Å². The second kappa shape index (κ2) is 9.28. The van der Waals surface area contributed by atoms with E-state index in [1.807, 2.05) is 37.3 Å². The quantitative estimate of drug-likeness (QED) is 0.618. The first-order valence-electron chi connectivity index (χ1n) is 10.8. The van der Waals surface area contributed by atoms with E-state index in [0.29, 0.717) is 24.5 Å². The standard InChI is InChI=1S/C24H28N2O4/c1-17-8-11-19(12-9-17)20-15-21(22-7-4-14-29-22)26(25-20)23(27)16-30-24(28)13-10-18-5-2-3-6-18/h4,7-9,11-12,14,18,21H,2-3,5-6,10,13,15-16H2,1H3/t21-/m0/s1. The molecule has 0 unspecified atom stereocenters. The van der Waals surface area contributed by atoms with Crippen LogP contribution in [-0.2, 0) is 14.3 Å². The van der Waals surface area contributed by atoms with E-state index in [1.54, 1.807) is 12.3 Å². The smallest absolute Gasteiger partial charge is 0.306 e. The molecule has 2 heterocycles. The number of ether oxygens (including phenoxy) is 1. The van der Waals surface area contributed by atoms with Gasteiger partial charge in [0.15, 0.2) is 6.61 Å². The van der Waals surface area contributed by atoms with E-state index >= 15 is 0 Å². The number of carbonyl (C=O) groups excluding carboxylic acids is 2. The molecule has 1 aliphatic heterocycles. The third-order valence-corrected chi connectivity index (χ3v) is 6.01. The van der Waals surface area contributed by atoms with Crippen molar-refractivity contribution in [2.24, 2.45) is 11.0 Å². The second-order valence-electron chi connectivity index (χ2n) is 8.24. The molecular weight excluding hydrogens is 380 g/mol. The highest BCUT2D eigenvalue weighted by Crippen LogP contribution is 2.33. The summed E-state index contributed by atoms with van der Waals surface area (Å²) in [4.78, 5) is 24.9. The zero-order chi connectivity index (χ0) is 20.9. The van der Waals surface area contributed by atoms with E-state index in [1.165, 1.54) is 30.7 Å². The molecule has 0 saturated heterocycles. The number of carbonyl (C=O) groups is 2. The Balaban J connectivity index is 1.40. The van der Waals surface area contributed by atoms with Gasteiger partial charge in [0.25, 0.3) is 5.91 Å². The van der Waals surface area contributed by atoms with Gasteiger partial charge in [0.1, 0.15) is 11.8 Å². The van der Waals surface area contributed by atoms with E-state index in [-0.39, 0.29) is 24.5 Å². The number of amides is 1. The van der Waals surface area contributed by atoms with Crippen LogP contribution in [0.25, 0.3) is 0 Å². The Morgan fingerprint density at radius 3 is 2.63 bits per heavy atom. The van der Waals surface area contributed by atoms with Crippen LogP contribution in [0.1, 0.15) is 67.9 Å². The third-order valence-electron chi connectivity index (χ3n) is 6.01. The van der Waals surface area contributed by atoms with Crippen LogP contribution in [0.4, 0.5) is 0 Å². The van der Waals surface area contributed by atoms with Crippen molar-refractivity contribution in [1.82, 2.24) is 5.01 Å². The summed E-state index contributed by atoms with van der Waals surface area (Å²) in [5, 5.41) is 5.96. The fraction of sp³-hybridized carbons (Fsp3) is 0.458. The Hall–Kier alpha value is -2.89. The first kappa shape index (κ1) is 20.4. The molecule has 0 radical (unpaired) electrons. The average molecular weight is 408 g/mol. The highest BCUT2D eigenvalue weighted by molar-refractivity contribution is 6.03. The second-order valence-corrected chi connectivity index (χ2v) is 8.24. The zero-order valence-corrected chi connectivity index (χ0v) is 17.4. The number of nitrogens with zero attached hydrogens (tertiary/aromatic N) is 2. The molecular formula is C24H28N2O4. The maximum atomic E-state index is 12.8. The number of esters is 1. The SMILES string of the molecule is Cc1ccc(C2=NN(C(=O)COC(=O)CCC3CCCC3)[C@H](c3ccco3)C2)cc1. The van der Waals surface area contributed by atoms with Gasteiger partial charge in [-0.05, 0) is 37.0 Å². The Morgan fingerprint density at radius 2 is 1.93 bits per heavy atom. The van der Waals surface area contributed by atoms with E-state index in [0.717, 1.165) is 23.3 Å². The van der Waals surface area contributed by atoms with Gasteiger partial charge in [0.2, 0.25) is 0 Å². The number of furan rings is 1. The van der Waals surface area contributed by atoms with Gasteiger partial charge in [0, 0.05) is 12.8 Å². The Bertz CT molecular complexity index is 896. The number of hydrogen-bond donors (Lipinski definition) is 0. The van der Waals surface area contributed by atoms with E-state index in [4.69, 9.17) is 9.15 Å². The number of aryl methyl sites for hydroxylation is 1. The van der Waals surface area contributed by atoms with Gasteiger partial charge in [-0.3, -0.25) is 9.59 Å². The van der Waals surface area contributed by atoms with Crippen LogP contribution < -0.4 is 0 Å². The molecule has 2 aliphatic rings. The lowest BCUT2D eigenvalue weighted by atomic mass is 10.0. The number of hydrogen-bond acceptors (Lipinski definition) is 5. The lowest BCUT2D eigenvalue weighted by Gasteiger charge is -2.19. The van der Waals surface area contributed by atoms with E-state index in [9.17, 15) is 9.59 Å². The first-order valence-corrected chi connectivity index (χ1v) is 10.8. The lowest BCUT2D eigenvalue weighted by molar-refractivity contribution is -0.153. The van der Waals surface area contributed by atoms with Gasteiger partial charge in [-0.1, -0.05) is 55.5 Å². The molecule has 6 heteroatoms. The molecule has 0 N–H and O–H groups in total. The predicted octanol–water partition coefficient (Wildman–Crippen LogP) is 4.78. The van der Waals surface area contributed by atoms with Crippen molar-refractivity contribution >= 4 is 17.6 Å². The van der Waals surface area contributed by atoms with E-state index in [2.05, 4.69) is 5.10 Å². The minimum absolute atomic E-state index is 0.300. The zero-order valence-electron chi connectivity index (χ0n) is 17.4. The average Bonchev–Trinajstić information content (AvgIpc) is 3.52. The summed E-state index contributed by atoms with van der Waals surface area (Å²) in [5.41, 5.74) is 2.95. The summed E-state index contributed by atoms with van der Waals surface area (Å²) in [5.74, 6) is 0.637. The van der Waals surface area contributed by atoms with Crippen LogP contribution in [0.2, 0.25) is 0 Å². The maximum Gasteiger partial charge on any atom is 0.306 e. The third kappa shape index (κ3) is 4.81. The fourth-order valence-corrected chi connectivity index (χ4v) is 4.26. The summed E-state index contributed by atoms with van der Waals surface area (Å²) in [6, 6.07) is 11.4. The molecule has 0 spiro atoms. The van der Waals surface area contributed by atoms with Crippen LogP contribution in [0, 0.1) is 12.8 Å². The molecule has 1 aromatic carbocycles. The Labute approximate surface area is 176 Å². The van der Waals surface area contributed by atoms with Gasteiger partial charge in [-0.25, -0.2) is 5.01 Å². The van der Waals surface area contributed by atoms with Crippen LogP contribution in [0.15, 0.2) is 52.2 Å². The number of hydrazone groups is 1. The molecule has 1 saturated carbocycles. The van der Waals surface area contributed by atoms with Gasteiger partial charge in [0.05, 0.1) is 12.0 Å². The molecule has 2 aromatic rings. The van der Waals surface area contributed by atoms with Gasteiger partial charge < -0.3 is 9.15 Å². The van der Waals surface area contributed by atoms with Gasteiger partial charge in [-0.2, -0.15) is 5.10 Å². The molecule has 1 aliphatic carbocycles. The predicted molar refractivity (Wildman–Crippen MR) is 113 cm³/mol. The molecule has 1 fully saturated rings. The lowest BCUT2D eigenvalue weighted by Crippen LogP contribution is -2.31. The Morgan fingerprint density at radius 1 is 1.17 bits per heavy atom. The van der Waals surface area contributed by atoms with Crippen molar-refractivity contribution < 1.29 is 18.7 Å². The van der Waals surface area contributed by atoms with Gasteiger partial charge in [-0.15, -0.1) is 0 Å². The highest BCUT2D eigenvalue weighted by Gasteiger charge is 2.35. The van der Waals surface area contributed by atoms with Crippen molar-refractivity contribution in [3.05, 3.63) is 59.5 Å². The minimum Gasteiger partial charge on any atom is -0.467 e. The first-order chi connectivity index (χ1) is 14.6. The summed E-state index contributed by atoms with van der Waals surface area (Å²) in [7, 11) is 0. The van der Waals surface area contributed by atoms with Crippen molar-refractivity contribution in [3.63, 3.8) is 0 Å². The molecule has 158 valence electrons. The van der Waals surface area contributed by atoms with Crippen LogP contribution in [0.3, 0.4) is 0 Å². The van der Waals surface area contributed by atoms with Crippen molar-refractivity contribution in [2.45, 2.75) is 57.9 Å². The number of benzene rings is 1. The summed E-state index contributed by atoms with van der Waals surface area (Å²) < 4.78 is 10.8. The molecule has 1 aromatic heterocycles. The number of rotatable bonds is 7. The molecule has 1 atom stereocenters. The van der Waals surface area contributed by atoms with Crippen molar-refractivity contribution in [2.75, 3.05) is 6.61 Å². The summed E-state index contributed by atoms with van der Waals surface area (Å²) in [6.07, 6.45) is 8.26. The largest absolute Gasteiger partial charge is 0.467 e. The monoisotopic (exact) mass is 408 g/mol. The normalized spacial score (nSPS) is 19.2. The molecule has 6 nitrogen and oxygen atoms in total. The van der Waals surface area contributed by atoms with E-state index < -0.39 is 0 Å². The van der Waals surface area contributed by atoms with Crippen LogP contribution in [0.5, 0.6) is 0 Å². The molecule has 0 bridgehead atoms. The fourth-order valence-electron chi connectivity index (χ4n) is 4.26. The molecule has 4 rings (SSSR count). The highest BCUT2D eigenvalue weighted by atomic mass is 16.5. The summed E-state index contributed by atoms with van der Waals surface area (Å²) in [6.45, 7) is 1.73. The van der Waals surface area contributed by atoms with Crippen molar-refractivity contribution in [1.29, 1.82) is 0 Å².